The minimum absolute atomic E-state index is 0.183. The van der Waals surface area contributed by atoms with E-state index in [1.807, 2.05) is 0 Å². The molecule has 4 aromatic rings. The fourth-order valence-corrected chi connectivity index (χ4v) is 2.43. The van der Waals surface area contributed by atoms with Crippen LogP contribution in [0.25, 0.3) is 33.9 Å². The van der Waals surface area contributed by atoms with Gasteiger partial charge in [-0.1, -0.05) is 5.16 Å². The predicted octanol–water partition coefficient (Wildman–Crippen LogP) is 2.87. The summed E-state index contributed by atoms with van der Waals surface area (Å²) >= 11 is 6.29. The first-order valence-corrected chi connectivity index (χ1v) is 6.85. The summed E-state index contributed by atoms with van der Waals surface area (Å²) in [6.07, 6.45) is 2.49. The average molecular weight is 331 g/mol. The summed E-state index contributed by atoms with van der Waals surface area (Å²) in [6, 6.07) is 6.33. The maximum atomic E-state index is 13.0. The van der Waals surface area contributed by atoms with E-state index < -0.39 is 5.82 Å². The fraction of sp³-hybridized carbons (Fsp3) is 0. The first kappa shape index (κ1) is 13.6. The van der Waals surface area contributed by atoms with Crippen molar-refractivity contribution >= 4 is 28.8 Å². The number of nitrogens with two attached hydrogens (primary N) is 1. The Hall–Kier alpha value is -3.00. The Kier molecular flexibility index (Phi) is 2.98. The summed E-state index contributed by atoms with van der Waals surface area (Å²) in [6.45, 7) is 0. The molecule has 4 rings (SSSR count). The van der Waals surface area contributed by atoms with Gasteiger partial charge in [0, 0.05) is 11.8 Å². The Morgan fingerprint density at radius 1 is 1.13 bits per heavy atom. The molecule has 9 heteroatoms. The van der Waals surface area contributed by atoms with Crippen LogP contribution in [0.15, 0.2) is 41.2 Å². The summed E-state index contributed by atoms with van der Waals surface area (Å²) < 4.78 is 19.0. The molecule has 23 heavy (non-hydrogen) atoms. The second-order valence-electron chi connectivity index (χ2n) is 4.73. The molecule has 114 valence electrons. The molecule has 0 saturated carbocycles. The summed E-state index contributed by atoms with van der Waals surface area (Å²) in [7, 11) is 0. The van der Waals surface area contributed by atoms with E-state index in [0.29, 0.717) is 33.9 Å². The maximum absolute atomic E-state index is 13.0. The number of fused-ring (bicyclic) bond motifs is 1. The molecule has 0 aliphatic carbocycles. The van der Waals surface area contributed by atoms with Crippen LogP contribution in [0.1, 0.15) is 0 Å². The highest BCUT2D eigenvalue weighted by molar-refractivity contribution is 6.20. The van der Waals surface area contributed by atoms with Gasteiger partial charge in [-0.25, -0.2) is 18.4 Å². The van der Waals surface area contributed by atoms with Gasteiger partial charge < -0.3 is 10.3 Å². The van der Waals surface area contributed by atoms with Gasteiger partial charge in [-0.15, -0.1) is 0 Å². The molecule has 4 aromatic heterocycles. The van der Waals surface area contributed by atoms with Gasteiger partial charge in [-0.2, -0.15) is 0 Å². The maximum Gasteiger partial charge on any atom is 0.177 e. The molecule has 0 amide bonds. The molecule has 0 aliphatic heterocycles. The highest BCUT2D eigenvalue weighted by atomic mass is 35.5. The van der Waals surface area contributed by atoms with Crippen LogP contribution in [-0.4, -0.2) is 24.2 Å². The molecule has 2 N–H and O–H groups in total. The van der Waals surface area contributed by atoms with Crippen LogP contribution in [-0.2, 0) is 0 Å². The first-order chi connectivity index (χ1) is 11.1. The molecule has 0 fully saturated rings. The van der Waals surface area contributed by atoms with E-state index in [9.17, 15) is 4.39 Å². The number of nitrogens with zero attached hydrogens (tertiary/aromatic N) is 5. The largest absolute Gasteiger partial charge is 0.380 e. The van der Waals surface area contributed by atoms with Crippen LogP contribution in [0.3, 0.4) is 0 Å². The van der Waals surface area contributed by atoms with E-state index in [1.54, 1.807) is 12.1 Å². The highest BCUT2D eigenvalue weighted by Gasteiger charge is 2.18. The van der Waals surface area contributed by atoms with Crippen molar-refractivity contribution in [2.24, 2.45) is 0 Å². The van der Waals surface area contributed by atoms with Gasteiger partial charge >= 0.3 is 0 Å². The Balaban J connectivity index is 1.88. The normalized spacial score (nSPS) is 11.2. The molecule has 0 unspecified atom stereocenters. The second-order valence-corrected chi connectivity index (χ2v) is 5.07. The van der Waals surface area contributed by atoms with Crippen molar-refractivity contribution < 1.29 is 8.91 Å². The third kappa shape index (κ3) is 2.20. The number of pyridine rings is 2. The van der Waals surface area contributed by atoms with Crippen molar-refractivity contribution in [3.63, 3.8) is 0 Å². The predicted molar refractivity (Wildman–Crippen MR) is 81.9 cm³/mol. The number of imidazole rings is 1. The Morgan fingerprint density at radius 2 is 1.96 bits per heavy atom. The van der Waals surface area contributed by atoms with Gasteiger partial charge in [0.15, 0.2) is 17.3 Å². The number of hydrogen-bond donors (Lipinski definition) is 1. The number of anilines is 1. The van der Waals surface area contributed by atoms with Crippen molar-refractivity contribution in [2.75, 3.05) is 5.73 Å². The second kappa shape index (κ2) is 5.03. The van der Waals surface area contributed by atoms with Crippen molar-refractivity contribution in [1.82, 2.24) is 24.2 Å². The highest BCUT2D eigenvalue weighted by Crippen LogP contribution is 2.29. The number of hydrogen-bond acceptors (Lipinski definition) is 6. The van der Waals surface area contributed by atoms with Crippen LogP contribution < -0.4 is 5.73 Å². The first-order valence-electron chi connectivity index (χ1n) is 6.51. The van der Waals surface area contributed by atoms with E-state index in [4.69, 9.17) is 22.0 Å². The molecule has 0 bridgehead atoms. The number of rotatable bonds is 2. The van der Waals surface area contributed by atoms with Gasteiger partial charge in [0.2, 0.25) is 0 Å². The van der Waals surface area contributed by atoms with E-state index in [-0.39, 0.29) is 5.82 Å². The van der Waals surface area contributed by atoms with Crippen molar-refractivity contribution in [2.45, 2.75) is 0 Å². The third-order valence-corrected chi connectivity index (χ3v) is 3.60. The Labute approximate surface area is 133 Å². The molecule has 0 aromatic carbocycles. The topological polar surface area (TPSA) is 95.7 Å². The smallest absolute Gasteiger partial charge is 0.177 e. The molecule has 0 saturated heterocycles. The summed E-state index contributed by atoms with van der Waals surface area (Å²) in [5.74, 6) is 0.141. The van der Waals surface area contributed by atoms with Gasteiger partial charge in [0.1, 0.15) is 23.2 Å². The summed E-state index contributed by atoms with van der Waals surface area (Å²) in [5.41, 5.74) is 8.25. The standard InChI is InChI=1S/C14H8ClFN6O/c15-22-13(8-6-23-21-12(8)17)20-11-4-3-10(19-14(11)22)9-2-1-7(16)5-18-9/h1-6H,(H2,17,21). The molecule has 7 nitrogen and oxygen atoms in total. The zero-order valence-corrected chi connectivity index (χ0v) is 12.2. The van der Waals surface area contributed by atoms with E-state index in [0.717, 1.165) is 6.20 Å². The fourth-order valence-electron chi connectivity index (χ4n) is 2.18. The van der Waals surface area contributed by atoms with Crippen LogP contribution in [0.2, 0.25) is 0 Å². The van der Waals surface area contributed by atoms with Gasteiger partial charge in [0.25, 0.3) is 0 Å². The van der Waals surface area contributed by atoms with Crippen LogP contribution in [0.5, 0.6) is 0 Å². The number of nitrogen functional groups attached to an aromatic ring is 1. The van der Waals surface area contributed by atoms with E-state index in [2.05, 4.69) is 20.1 Å². The minimum Gasteiger partial charge on any atom is -0.380 e. The lowest BCUT2D eigenvalue weighted by Crippen LogP contribution is -1.93. The molecular weight excluding hydrogens is 323 g/mol. The van der Waals surface area contributed by atoms with Crippen molar-refractivity contribution in [1.29, 1.82) is 0 Å². The van der Waals surface area contributed by atoms with Crippen molar-refractivity contribution in [3.8, 4) is 22.8 Å². The SMILES string of the molecule is Nc1nocc1-c1nc2ccc(-c3ccc(F)cn3)nc2n1Cl. The number of aromatic nitrogens is 5. The van der Waals surface area contributed by atoms with Gasteiger partial charge in [-0.3, -0.25) is 4.98 Å². The van der Waals surface area contributed by atoms with E-state index >= 15 is 0 Å². The molecule has 4 heterocycles. The zero-order chi connectivity index (χ0) is 16.0. The lowest BCUT2D eigenvalue weighted by Gasteiger charge is -2.00. The summed E-state index contributed by atoms with van der Waals surface area (Å²) in [4.78, 5) is 12.8. The number of halogens is 2. The Morgan fingerprint density at radius 3 is 2.65 bits per heavy atom. The Bertz CT molecular complexity index is 1010. The molecule has 0 radical (unpaired) electrons. The quantitative estimate of drug-likeness (QED) is 0.607. The molecule has 0 atom stereocenters. The third-order valence-electron chi connectivity index (χ3n) is 3.28. The zero-order valence-electron chi connectivity index (χ0n) is 11.4. The van der Waals surface area contributed by atoms with Gasteiger partial charge in [0.05, 0.1) is 17.6 Å². The lowest BCUT2D eigenvalue weighted by molar-refractivity contribution is 0.423. The minimum atomic E-state index is -0.414. The van der Waals surface area contributed by atoms with Crippen LogP contribution in [0, 0.1) is 5.82 Å². The van der Waals surface area contributed by atoms with Crippen molar-refractivity contribution in [3.05, 3.63) is 42.5 Å². The van der Waals surface area contributed by atoms with Crippen LogP contribution in [0.4, 0.5) is 10.2 Å². The molecule has 0 aliphatic rings. The average Bonchev–Trinajstić information content (AvgIpc) is 3.11. The monoisotopic (exact) mass is 330 g/mol. The molecular formula is C14H8ClFN6O. The molecule has 0 spiro atoms. The van der Waals surface area contributed by atoms with E-state index in [1.165, 1.54) is 22.5 Å². The van der Waals surface area contributed by atoms with Gasteiger partial charge in [-0.05, 0) is 24.3 Å². The summed E-state index contributed by atoms with van der Waals surface area (Å²) in [5, 5.41) is 3.60. The van der Waals surface area contributed by atoms with Crippen LogP contribution >= 0.6 is 11.8 Å². The lowest BCUT2D eigenvalue weighted by atomic mass is 10.2.